The zero-order chi connectivity index (χ0) is 20.6. The van der Waals surface area contributed by atoms with Crippen LogP contribution in [0.1, 0.15) is 23.4 Å². The molecule has 0 radical (unpaired) electrons. The first kappa shape index (κ1) is 19.5. The first-order chi connectivity index (χ1) is 13.8. The van der Waals surface area contributed by atoms with Crippen LogP contribution in [0, 0.1) is 0 Å². The van der Waals surface area contributed by atoms with Crippen molar-refractivity contribution in [3.8, 4) is 0 Å². The lowest BCUT2D eigenvalue weighted by molar-refractivity contribution is 0.0998. The Kier molecular flexibility index (Phi) is 5.06. The highest BCUT2D eigenvalue weighted by Crippen LogP contribution is 2.24. The number of likely N-dealkylation sites (tertiary alicyclic amines) is 1. The van der Waals surface area contributed by atoms with E-state index >= 15 is 0 Å². The maximum atomic E-state index is 12.5. The van der Waals surface area contributed by atoms with Crippen LogP contribution in [0.4, 0.5) is 5.69 Å². The molecular weight excluding hydrogens is 414 g/mol. The van der Waals surface area contributed by atoms with Gasteiger partial charge in [-0.05, 0) is 55.0 Å². The largest absolute Gasteiger partial charge is 0.451 e. The Labute approximate surface area is 173 Å². The number of carbonyl (C=O) groups is 1. The van der Waals surface area contributed by atoms with Crippen LogP contribution in [0.2, 0.25) is 5.02 Å². The molecule has 29 heavy (non-hydrogen) atoms. The van der Waals surface area contributed by atoms with E-state index in [2.05, 4.69) is 9.71 Å². The lowest BCUT2D eigenvalue weighted by Gasteiger charge is -2.11. The van der Waals surface area contributed by atoms with Gasteiger partial charge < -0.3 is 14.6 Å². The Bertz CT molecular complexity index is 1220. The fourth-order valence-corrected chi connectivity index (χ4v) is 4.40. The van der Waals surface area contributed by atoms with Crippen LogP contribution in [-0.2, 0) is 10.0 Å². The highest BCUT2D eigenvalue weighted by atomic mass is 35.5. The topological polar surface area (TPSA) is 92.0 Å². The van der Waals surface area contributed by atoms with Gasteiger partial charge in [0.25, 0.3) is 15.9 Å². The number of nitrogens with zero attached hydrogens (tertiary/aromatic N) is 2. The van der Waals surface area contributed by atoms with Crippen molar-refractivity contribution < 1.29 is 17.6 Å². The van der Waals surface area contributed by atoms with Gasteiger partial charge in [0.05, 0.1) is 4.90 Å². The third-order valence-electron chi connectivity index (χ3n) is 4.67. The van der Waals surface area contributed by atoms with E-state index in [1.165, 1.54) is 24.3 Å². The summed E-state index contributed by atoms with van der Waals surface area (Å²) in [5, 5.41) is 3.96. The van der Waals surface area contributed by atoms with Gasteiger partial charge in [-0.3, -0.25) is 4.79 Å². The summed E-state index contributed by atoms with van der Waals surface area (Å²) in [6, 6.07) is 12.6. The monoisotopic (exact) mass is 431 g/mol. The number of hydrogen-bond donors (Lipinski definition) is 1. The second-order valence-electron chi connectivity index (χ2n) is 6.78. The van der Waals surface area contributed by atoms with Gasteiger partial charge in [0.1, 0.15) is 11.4 Å². The Morgan fingerprint density at radius 2 is 1.93 bits per heavy atom. The van der Waals surface area contributed by atoms with E-state index in [0.29, 0.717) is 28.5 Å². The molecular formula is C20H18ClN3O4S. The molecule has 1 N–H and O–H groups in total. The average Bonchev–Trinajstić information content (AvgIpc) is 3.28. The van der Waals surface area contributed by atoms with Gasteiger partial charge in [-0.25, -0.2) is 0 Å². The summed E-state index contributed by atoms with van der Waals surface area (Å²) in [7, 11) is -1.97. The summed E-state index contributed by atoms with van der Waals surface area (Å²) in [6.45, 7) is 0.799. The quantitative estimate of drug-likeness (QED) is 0.669. The fourth-order valence-electron chi connectivity index (χ4n) is 3.13. The number of anilines is 1. The minimum absolute atomic E-state index is 0.0710. The highest BCUT2D eigenvalue weighted by molar-refractivity contribution is 7.90. The van der Waals surface area contributed by atoms with Crippen LogP contribution in [0.15, 0.2) is 62.2 Å². The molecule has 9 heteroatoms. The molecule has 0 unspecified atom stereocenters. The molecule has 0 saturated carbocycles. The summed E-state index contributed by atoms with van der Waals surface area (Å²) < 4.78 is 34.4. The number of halogens is 1. The summed E-state index contributed by atoms with van der Waals surface area (Å²) in [4.78, 5) is 14.3. The molecule has 1 amide bonds. The van der Waals surface area contributed by atoms with Gasteiger partial charge in [0.2, 0.25) is 0 Å². The summed E-state index contributed by atoms with van der Waals surface area (Å²) in [5.41, 5.74) is 0.995. The normalized spacial score (nSPS) is 15.9. The summed E-state index contributed by atoms with van der Waals surface area (Å²) >= 11 is 5.95. The lowest BCUT2D eigenvalue weighted by Crippen LogP contribution is -2.20. The van der Waals surface area contributed by atoms with Crippen LogP contribution in [0.3, 0.4) is 0 Å². The number of benzene rings is 2. The molecule has 1 aliphatic rings. The maximum Gasteiger partial charge on any atom is 0.291 e. The van der Waals surface area contributed by atoms with E-state index < -0.39 is 15.9 Å². The Balaban J connectivity index is 1.51. The predicted molar refractivity (Wildman–Crippen MR) is 112 cm³/mol. The van der Waals surface area contributed by atoms with Crippen molar-refractivity contribution in [1.29, 1.82) is 0 Å². The molecule has 0 bridgehead atoms. The van der Waals surface area contributed by atoms with Gasteiger partial charge >= 0.3 is 0 Å². The van der Waals surface area contributed by atoms with Crippen molar-refractivity contribution in [2.75, 3.05) is 18.9 Å². The fraction of sp³-hybridized carbons (Fsp3) is 0.200. The predicted octanol–water partition coefficient (Wildman–Crippen LogP) is 4.15. The molecule has 0 aliphatic carbocycles. The van der Waals surface area contributed by atoms with Crippen molar-refractivity contribution in [2.24, 2.45) is 4.40 Å². The average molecular weight is 432 g/mol. The number of carbonyl (C=O) groups excluding carboxylic acids is 1. The van der Waals surface area contributed by atoms with E-state index in [9.17, 15) is 13.2 Å². The van der Waals surface area contributed by atoms with E-state index in [1.54, 1.807) is 24.3 Å². The van der Waals surface area contributed by atoms with E-state index in [4.69, 9.17) is 16.0 Å². The third kappa shape index (κ3) is 4.13. The van der Waals surface area contributed by atoms with Crippen molar-refractivity contribution in [3.63, 3.8) is 0 Å². The molecule has 2 heterocycles. The van der Waals surface area contributed by atoms with E-state index in [0.717, 1.165) is 18.4 Å². The zero-order valence-corrected chi connectivity index (χ0v) is 17.1. The SMILES string of the molecule is CN1CCCC1=NS(=O)(=O)c1ccc(NC(=O)c2cc3cc(Cl)ccc3o2)cc1. The van der Waals surface area contributed by atoms with Crippen LogP contribution in [0.5, 0.6) is 0 Å². The molecule has 1 aliphatic heterocycles. The van der Waals surface area contributed by atoms with Crippen LogP contribution < -0.4 is 5.32 Å². The molecule has 1 fully saturated rings. The number of fused-ring (bicyclic) bond motifs is 1. The van der Waals surface area contributed by atoms with Crippen molar-refractivity contribution >= 4 is 50.0 Å². The number of nitrogens with one attached hydrogen (secondary N) is 1. The molecule has 0 spiro atoms. The van der Waals surface area contributed by atoms with Crippen molar-refractivity contribution in [2.45, 2.75) is 17.7 Å². The molecule has 3 aromatic rings. The smallest absolute Gasteiger partial charge is 0.291 e. The van der Waals surface area contributed by atoms with Gasteiger partial charge in [-0.2, -0.15) is 8.42 Å². The minimum atomic E-state index is -3.79. The van der Waals surface area contributed by atoms with Crippen LogP contribution in [0.25, 0.3) is 11.0 Å². The van der Waals surface area contributed by atoms with Crippen LogP contribution >= 0.6 is 11.6 Å². The van der Waals surface area contributed by atoms with Gasteiger partial charge in [-0.1, -0.05) is 11.6 Å². The zero-order valence-electron chi connectivity index (χ0n) is 15.6. The standard InChI is InChI=1S/C20H18ClN3O4S/c1-24-10-2-3-19(24)23-29(26,27)16-7-5-15(6-8-16)22-20(25)18-12-13-11-14(21)4-9-17(13)28-18/h4-9,11-12H,2-3,10H2,1H3,(H,22,25). The number of furan rings is 1. The van der Waals surface area contributed by atoms with Gasteiger partial charge in [-0.15, -0.1) is 4.40 Å². The first-order valence-electron chi connectivity index (χ1n) is 8.97. The maximum absolute atomic E-state index is 12.5. The molecule has 150 valence electrons. The minimum Gasteiger partial charge on any atom is -0.451 e. The van der Waals surface area contributed by atoms with Crippen molar-refractivity contribution in [1.82, 2.24) is 4.90 Å². The third-order valence-corrected chi connectivity index (χ3v) is 6.23. The van der Waals surface area contributed by atoms with E-state index in [1.807, 2.05) is 11.9 Å². The Hall–Kier alpha value is -2.84. The summed E-state index contributed by atoms with van der Waals surface area (Å²) in [6.07, 6.45) is 1.54. The van der Waals surface area contributed by atoms with Crippen molar-refractivity contribution in [3.05, 3.63) is 59.3 Å². The highest BCUT2D eigenvalue weighted by Gasteiger charge is 2.20. The number of hydrogen-bond acceptors (Lipinski definition) is 4. The lowest BCUT2D eigenvalue weighted by atomic mass is 10.2. The molecule has 4 rings (SSSR count). The Morgan fingerprint density at radius 1 is 1.17 bits per heavy atom. The number of rotatable bonds is 4. The molecule has 7 nitrogen and oxygen atoms in total. The first-order valence-corrected chi connectivity index (χ1v) is 10.8. The molecule has 1 aromatic heterocycles. The number of amides is 1. The molecule has 2 aromatic carbocycles. The second kappa shape index (κ2) is 7.53. The van der Waals surface area contributed by atoms with E-state index in [-0.39, 0.29) is 10.7 Å². The molecule has 0 atom stereocenters. The second-order valence-corrected chi connectivity index (χ2v) is 8.82. The number of sulfonamides is 1. The van der Waals surface area contributed by atoms with Gasteiger partial charge in [0, 0.05) is 36.1 Å². The Morgan fingerprint density at radius 3 is 2.62 bits per heavy atom. The van der Waals surface area contributed by atoms with Gasteiger partial charge in [0.15, 0.2) is 5.76 Å². The number of amidine groups is 1. The molecule has 1 saturated heterocycles. The van der Waals surface area contributed by atoms with Crippen LogP contribution in [-0.4, -0.2) is 38.7 Å². The summed E-state index contributed by atoms with van der Waals surface area (Å²) in [5.74, 6) is 0.253.